The molecule has 0 spiro atoms. The summed E-state index contributed by atoms with van der Waals surface area (Å²) in [6.07, 6.45) is 4.73. The normalized spacial score (nSPS) is 25.5. The molecule has 2 aliphatic rings. The van der Waals surface area contributed by atoms with Crippen LogP contribution >= 0.6 is 0 Å². The topological polar surface area (TPSA) is 33.7 Å². The van der Waals surface area contributed by atoms with Crippen LogP contribution in [0.25, 0.3) is 0 Å². The van der Waals surface area contributed by atoms with Crippen molar-refractivity contribution in [3.05, 3.63) is 0 Å². The minimum atomic E-state index is 0.403. The van der Waals surface area contributed by atoms with Crippen LogP contribution < -0.4 is 5.32 Å². The van der Waals surface area contributed by atoms with Crippen LogP contribution in [0.3, 0.4) is 0 Å². The van der Waals surface area contributed by atoms with Crippen molar-refractivity contribution in [2.75, 3.05) is 53.6 Å². The van der Waals surface area contributed by atoms with Crippen LogP contribution in [-0.2, 0) is 9.47 Å². The van der Waals surface area contributed by atoms with Gasteiger partial charge in [0.1, 0.15) is 0 Å². The van der Waals surface area contributed by atoms with Gasteiger partial charge in [0.05, 0.1) is 0 Å². The lowest BCUT2D eigenvalue weighted by Gasteiger charge is -2.43. The Balaban J connectivity index is 1.90. The molecule has 0 bridgehead atoms. The molecule has 0 aliphatic carbocycles. The van der Waals surface area contributed by atoms with Gasteiger partial charge in [0, 0.05) is 45.6 Å². The summed E-state index contributed by atoms with van der Waals surface area (Å²) in [5.41, 5.74) is 0.403. The molecule has 106 valence electrons. The zero-order valence-electron chi connectivity index (χ0n) is 11.9. The van der Waals surface area contributed by atoms with E-state index in [1.807, 2.05) is 0 Å². The molecule has 2 aliphatic heterocycles. The van der Waals surface area contributed by atoms with Crippen molar-refractivity contribution in [2.45, 2.75) is 31.7 Å². The lowest BCUT2D eigenvalue weighted by Crippen LogP contribution is -2.49. The van der Waals surface area contributed by atoms with E-state index in [-0.39, 0.29) is 0 Å². The number of nitrogens with zero attached hydrogens (tertiary/aromatic N) is 1. The van der Waals surface area contributed by atoms with E-state index in [0.717, 1.165) is 33.0 Å². The molecule has 1 N–H and O–H groups in total. The summed E-state index contributed by atoms with van der Waals surface area (Å²) in [7, 11) is 4.34. The first kappa shape index (κ1) is 14.3. The van der Waals surface area contributed by atoms with Crippen LogP contribution in [0.5, 0.6) is 0 Å². The maximum absolute atomic E-state index is 5.53. The maximum Gasteiger partial charge on any atom is 0.0480 e. The SMILES string of the molecule is CNCC1(CN(C)C2CCOCC2)CCOCC1. The lowest BCUT2D eigenvalue weighted by molar-refractivity contribution is -0.0201. The molecule has 0 amide bonds. The van der Waals surface area contributed by atoms with Crippen molar-refractivity contribution >= 4 is 0 Å². The monoisotopic (exact) mass is 256 g/mol. The summed E-state index contributed by atoms with van der Waals surface area (Å²) in [6, 6.07) is 0.704. The molecule has 0 atom stereocenters. The third-order valence-electron chi connectivity index (χ3n) is 4.50. The van der Waals surface area contributed by atoms with Crippen LogP contribution in [0, 0.1) is 5.41 Å². The highest BCUT2D eigenvalue weighted by molar-refractivity contribution is 4.88. The molecule has 0 radical (unpaired) electrons. The zero-order chi connectivity index (χ0) is 12.8. The lowest BCUT2D eigenvalue weighted by atomic mass is 9.79. The van der Waals surface area contributed by atoms with Gasteiger partial charge in [0.25, 0.3) is 0 Å². The smallest absolute Gasteiger partial charge is 0.0480 e. The predicted molar refractivity (Wildman–Crippen MR) is 72.9 cm³/mol. The molecule has 0 saturated carbocycles. The van der Waals surface area contributed by atoms with Gasteiger partial charge in [-0.05, 0) is 45.2 Å². The van der Waals surface area contributed by atoms with E-state index in [0.29, 0.717) is 11.5 Å². The Kier molecular flexibility index (Phi) is 5.42. The van der Waals surface area contributed by atoms with Crippen molar-refractivity contribution in [3.8, 4) is 0 Å². The summed E-state index contributed by atoms with van der Waals surface area (Å²) in [5, 5.41) is 3.38. The van der Waals surface area contributed by atoms with Crippen molar-refractivity contribution in [1.82, 2.24) is 10.2 Å². The van der Waals surface area contributed by atoms with Crippen LogP contribution in [0.1, 0.15) is 25.7 Å². The summed E-state index contributed by atoms with van der Waals surface area (Å²) >= 11 is 0. The van der Waals surface area contributed by atoms with Gasteiger partial charge in [-0.2, -0.15) is 0 Å². The molecule has 2 fully saturated rings. The van der Waals surface area contributed by atoms with Gasteiger partial charge in [-0.15, -0.1) is 0 Å². The largest absolute Gasteiger partial charge is 0.381 e. The molecule has 0 unspecified atom stereocenters. The van der Waals surface area contributed by atoms with Crippen molar-refractivity contribution < 1.29 is 9.47 Å². The van der Waals surface area contributed by atoms with Crippen molar-refractivity contribution in [2.24, 2.45) is 5.41 Å². The first-order chi connectivity index (χ1) is 8.76. The molecule has 4 heteroatoms. The third kappa shape index (κ3) is 3.67. The molecule has 2 saturated heterocycles. The molecule has 0 aromatic heterocycles. The number of nitrogens with one attached hydrogen (secondary N) is 1. The molecular formula is C14H28N2O2. The van der Waals surface area contributed by atoms with E-state index in [1.54, 1.807) is 0 Å². The Morgan fingerprint density at radius 3 is 2.33 bits per heavy atom. The average Bonchev–Trinajstić information content (AvgIpc) is 2.41. The fourth-order valence-electron chi connectivity index (χ4n) is 3.35. The van der Waals surface area contributed by atoms with Crippen LogP contribution in [-0.4, -0.2) is 64.6 Å². The Morgan fingerprint density at radius 1 is 1.11 bits per heavy atom. The minimum Gasteiger partial charge on any atom is -0.381 e. The van der Waals surface area contributed by atoms with Gasteiger partial charge in [0.15, 0.2) is 0 Å². The molecule has 0 aromatic carbocycles. The Morgan fingerprint density at radius 2 is 1.72 bits per heavy atom. The molecular weight excluding hydrogens is 228 g/mol. The van der Waals surface area contributed by atoms with E-state index in [2.05, 4.69) is 24.3 Å². The second-order valence-corrected chi connectivity index (χ2v) is 5.90. The van der Waals surface area contributed by atoms with Crippen LogP contribution in [0.15, 0.2) is 0 Å². The molecule has 0 aromatic rings. The number of hydrogen-bond donors (Lipinski definition) is 1. The Labute approximate surface area is 111 Å². The predicted octanol–water partition coefficient (Wildman–Crippen LogP) is 1.11. The maximum atomic E-state index is 5.53. The average molecular weight is 256 g/mol. The fraction of sp³-hybridized carbons (Fsp3) is 1.00. The quantitative estimate of drug-likeness (QED) is 0.799. The highest BCUT2D eigenvalue weighted by atomic mass is 16.5. The summed E-state index contributed by atoms with van der Waals surface area (Å²) in [6.45, 7) is 5.98. The Hall–Kier alpha value is -0.160. The van der Waals surface area contributed by atoms with Crippen molar-refractivity contribution in [3.63, 3.8) is 0 Å². The second-order valence-electron chi connectivity index (χ2n) is 5.90. The number of rotatable bonds is 5. The van der Waals surface area contributed by atoms with Gasteiger partial charge in [0.2, 0.25) is 0 Å². The highest BCUT2D eigenvalue weighted by Gasteiger charge is 2.34. The number of hydrogen-bond acceptors (Lipinski definition) is 4. The first-order valence-electron chi connectivity index (χ1n) is 7.26. The standard InChI is InChI=1S/C14H28N2O2/c1-15-11-14(5-9-18-10-6-14)12-16(2)13-3-7-17-8-4-13/h13,15H,3-12H2,1-2H3. The van der Waals surface area contributed by atoms with E-state index in [1.165, 1.54) is 32.2 Å². The summed E-state index contributed by atoms with van der Waals surface area (Å²) in [5.74, 6) is 0. The molecule has 4 nitrogen and oxygen atoms in total. The van der Waals surface area contributed by atoms with Crippen LogP contribution in [0.2, 0.25) is 0 Å². The molecule has 2 heterocycles. The van der Waals surface area contributed by atoms with Crippen LogP contribution in [0.4, 0.5) is 0 Å². The van der Waals surface area contributed by atoms with Gasteiger partial charge in [-0.3, -0.25) is 0 Å². The molecule has 18 heavy (non-hydrogen) atoms. The summed E-state index contributed by atoms with van der Waals surface area (Å²) < 4.78 is 11.0. The van der Waals surface area contributed by atoms with Gasteiger partial charge >= 0.3 is 0 Å². The van der Waals surface area contributed by atoms with Gasteiger partial charge < -0.3 is 19.7 Å². The van der Waals surface area contributed by atoms with E-state index in [9.17, 15) is 0 Å². The first-order valence-corrected chi connectivity index (χ1v) is 7.26. The zero-order valence-corrected chi connectivity index (χ0v) is 11.9. The summed E-state index contributed by atoms with van der Waals surface area (Å²) in [4.78, 5) is 2.56. The van der Waals surface area contributed by atoms with Gasteiger partial charge in [-0.25, -0.2) is 0 Å². The Bertz CT molecular complexity index is 230. The fourth-order valence-corrected chi connectivity index (χ4v) is 3.35. The minimum absolute atomic E-state index is 0.403. The number of ether oxygens (including phenoxy) is 2. The highest BCUT2D eigenvalue weighted by Crippen LogP contribution is 2.31. The van der Waals surface area contributed by atoms with Gasteiger partial charge in [-0.1, -0.05) is 0 Å². The second kappa shape index (κ2) is 6.85. The third-order valence-corrected chi connectivity index (χ3v) is 4.50. The van der Waals surface area contributed by atoms with E-state index < -0.39 is 0 Å². The van der Waals surface area contributed by atoms with Crippen molar-refractivity contribution in [1.29, 1.82) is 0 Å². The van der Waals surface area contributed by atoms with E-state index in [4.69, 9.17) is 9.47 Å². The molecule has 2 rings (SSSR count). The van der Waals surface area contributed by atoms with E-state index >= 15 is 0 Å².